The first kappa shape index (κ1) is 24.8. The number of anilines is 1. The highest BCUT2D eigenvalue weighted by atomic mass is 32.2. The Balaban J connectivity index is 1.58. The molecule has 1 aliphatic heterocycles. The van der Waals surface area contributed by atoms with E-state index in [0.29, 0.717) is 0 Å². The summed E-state index contributed by atoms with van der Waals surface area (Å²) < 4.78 is 66.4. The highest BCUT2D eigenvalue weighted by molar-refractivity contribution is 7.89. The van der Waals surface area contributed by atoms with Crippen LogP contribution in [0.15, 0.2) is 29.2 Å². The van der Waals surface area contributed by atoms with Crippen molar-refractivity contribution >= 4 is 21.6 Å². The predicted octanol–water partition coefficient (Wildman–Crippen LogP) is 4.07. The van der Waals surface area contributed by atoms with Crippen LogP contribution in [0.5, 0.6) is 0 Å². The van der Waals surface area contributed by atoms with Gasteiger partial charge in [0.05, 0.1) is 4.90 Å². The molecule has 0 atom stereocenters. The molecule has 0 spiro atoms. The first-order chi connectivity index (χ1) is 15.2. The van der Waals surface area contributed by atoms with Crippen LogP contribution in [0.1, 0.15) is 57.8 Å². The van der Waals surface area contributed by atoms with Crippen LogP contribution in [0.2, 0.25) is 0 Å². The van der Waals surface area contributed by atoms with E-state index in [1.54, 1.807) is 12.1 Å². The minimum atomic E-state index is -4.86. The van der Waals surface area contributed by atoms with E-state index in [1.807, 2.05) is 4.90 Å². The zero-order valence-corrected chi connectivity index (χ0v) is 19.1. The van der Waals surface area contributed by atoms with Crippen LogP contribution in [-0.2, 0) is 14.8 Å². The fourth-order valence-corrected chi connectivity index (χ4v) is 5.70. The van der Waals surface area contributed by atoms with Gasteiger partial charge in [0.25, 0.3) is 0 Å². The Kier molecular flexibility index (Phi) is 8.43. The Morgan fingerprint density at radius 3 is 1.84 bits per heavy atom. The van der Waals surface area contributed by atoms with Crippen LogP contribution in [0.25, 0.3) is 0 Å². The van der Waals surface area contributed by atoms with Crippen molar-refractivity contribution in [1.82, 2.24) is 9.62 Å². The third-order valence-corrected chi connectivity index (χ3v) is 7.78. The number of carbonyl (C=O) groups excluding carboxylic acids is 1. The lowest BCUT2D eigenvalue weighted by Crippen LogP contribution is -2.52. The van der Waals surface area contributed by atoms with E-state index in [0.717, 1.165) is 49.1 Å². The number of halogens is 3. The second-order valence-corrected chi connectivity index (χ2v) is 10.4. The van der Waals surface area contributed by atoms with E-state index in [1.165, 1.54) is 31.4 Å². The highest BCUT2D eigenvalue weighted by Gasteiger charge is 2.43. The van der Waals surface area contributed by atoms with Gasteiger partial charge in [-0.25, -0.2) is 13.1 Å². The Bertz CT molecular complexity index is 841. The zero-order valence-electron chi connectivity index (χ0n) is 18.2. The zero-order chi connectivity index (χ0) is 23.2. The van der Waals surface area contributed by atoms with Crippen LogP contribution in [0.3, 0.4) is 0 Å². The van der Waals surface area contributed by atoms with Gasteiger partial charge in [0, 0.05) is 37.9 Å². The molecule has 1 N–H and O–H groups in total. The van der Waals surface area contributed by atoms with E-state index < -0.39 is 22.1 Å². The number of hydrogen-bond acceptors (Lipinski definition) is 4. The fraction of sp³-hybridized carbons (Fsp3) is 0.682. The number of hydrogen-bond donors (Lipinski definition) is 1. The van der Waals surface area contributed by atoms with Crippen LogP contribution in [0.4, 0.5) is 18.9 Å². The van der Waals surface area contributed by atoms with Crippen molar-refractivity contribution in [2.24, 2.45) is 0 Å². The van der Waals surface area contributed by atoms with Crippen molar-refractivity contribution < 1.29 is 26.4 Å². The number of benzene rings is 1. The number of sulfonamides is 1. The SMILES string of the molecule is O=C(N1CCN(c2ccc(S(=O)(=O)NC3CCCCCCCCC3)cc2)CC1)C(F)(F)F. The van der Waals surface area contributed by atoms with Crippen LogP contribution in [-0.4, -0.2) is 57.6 Å². The molecular formula is C22H32F3N3O3S. The molecule has 1 aliphatic carbocycles. The molecular weight excluding hydrogens is 443 g/mol. The summed E-state index contributed by atoms with van der Waals surface area (Å²) in [4.78, 5) is 14.2. The van der Waals surface area contributed by atoms with Gasteiger partial charge in [0.15, 0.2) is 0 Å². The van der Waals surface area contributed by atoms with Gasteiger partial charge in [-0.15, -0.1) is 0 Å². The molecule has 0 unspecified atom stereocenters. The Labute approximate surface area is 188 Å². The minimum Gasteiger partial charge on any atom is -0.368 e. The van der Waals surface area contributed by atoms with Crippen molar-refractivity contribution in [2.75, 3.05) is 31.1 Å². The Morgan fingerprint density at radius 2 is 1.34 bits per heavy atom. The van der Waals surface area contributed by atoms with Gasteiger partial charge in [-0.3, -0.25) is 4.79 Å². The van der Waals surface area contributed by atoms with E-state index in [9.17, 15) is 26.4 Å². The van der Waals surface area contributed by atoms with E-state index in [-0.39, 0.29) is 37.1 Å². The third kappa shape index (κ3) is 6.84. The number of carbonyl (C=O) groups is 1. The lowest BCUT2D eigenvalue weighted by atomic mass is 9.98. The summed E-state index contributed by atoms with van der Waals surface area (Å²) in [5.41, 5.74) is 0.724. The number of nitrogens with zero attached hydrogens (tertiary/aromatic N) is 2. The standard InChI is InChI=1S/C22H32F3N3O3S/c23-22(24,25)21(29)28-16-14-27(15-17-28)19-10-12-20(13-11-19)32(30,31)26-18-8-6-4-2-1-3-5-7-9-18/h10-13,18,26H,1-9,14-17H2. The first-order valence-electron chi connectivity index (χ1n) is 11.4. The third-order valence-electron chi connectivity index (χ3n) is 6.25. The van der Waals surface area contributed by atoms with Crippen molar-refractivity contribution in [3.05, 3.63) is 24.3 Å². The lowest BCUT2D eigenvalue weighted by Gasteiger charge is -2.36. The summed E-state index contributed by atoms with van der Waals surface area (Å²) in [5.74, 6) is -1.81. The number of piperazine rings is 1. The average Bonchev–Trinajstić information content (AvgIpc) is 2.77. The topological polar surface area (TPSA) is 69.7 Å². The van der Waals surface area contributed by atoms with Crippen LogP contribution < -0.4 is 9.62 Å². The number of nitrogens with one attached hydrogen (secondary N) is 1. The molecule has 0 radical (unpaired) electrons. The Hall–Kier alpha value is -1.81. The molecule has 1 amide bonds. The van der Waals surface area contributed by atoms with Crippen LogP contribution in [0, 0.1) is 0 Å². The Morgan fingerprint density at radius 1 is 0.844 bits per heavy atom. The maximum absolute atomic E-state index is 12.9. The van der Waals surface area contributed by atoms with Crippen molar-refractivity contribution in [2.45, 2.75) is 74.9 Å². The van der Waals surface area contributed by atoms with Gasteiger partial charge < -0.3 is 9.80 Å². The van der Waals surface area contributed by atoms with Gasteiger partial charge in [-0.05, 0) is 37.1 Å². The van der Waals surface area contributed by atoms with Gasteiger partial charge in [0.1, 0.15) is 0 Å². The molecule has 1 aromatic rings. The minimum absolute atomic E-state index is 0.0262. The summed E-state index contributed by atoms with van der Waals surface area (Å²) >= 11 is 0. The van der Waals surface area contributed by atoms with Gasteiger partial charge in [-0.2, -0.15) is 13.2 Å². The molecule has 0 bridgehead atoms. The smallest absolute Gasteiger partial charge is 0.368 e. The molecule has 1 heterocycles. The number of rotatable bonds is 4. The number of amides is 1. The largest absolute Gasteiger partial charge is 0.471 e. The van der Waals surface area contributed by atoms with Crippen molar-refractivity contribution in [1.29, 1.82) is 0 Å². The van der Waals surface area contributed by atoms with Crippen molar-refractivity contribution in [3.63, 3.8) is 0 Å². The normalized spacial score (nSPS) is 20.2. The molecule has 10 heteroatoms. The molecule has 1 saturated heterocycles. The molecule has 2 fully saturated rings. The molecule has 180 valence electrons. The van der Waals surface area contributed by atoms with Crippen molar-refractivity contribution in [3.8, 4) is 0 Å². The van der Waals surface area contributed by atoms with Gasteiger partial charge in [0.2, 0.25) is 10.0 Å². The second kappa shape index (κ2) is 10.9. The molecule has 3 rings (SSSR count). The van der Waals surface area contributed by atoms with E-state index in [2.05, 4.69) is 4.72 Å². The first-order valence-corrected chi connectivity index (χ1v) is 12.9. The van der Waals surface area contributed by atoms with Crippen LogP contribution >= 0.6 is 0 Å². The number of alkyl halides is 3. The molecule has 1 saturated carbocycles. The predicted molar refractivity (Wildman–Crippen MR) is 117 cm³/mol. The summed E-state index contributed by atoms with van der Waals surface area (Å²) in [6.45, 7) is 0.464. The maximum atomic E-state index is 12.9. The molecule has 2 aliphatic rings. The fourth-order valence-electron chi connectivity index (χ4n) is 4.40. The quantitative estimate of drug-likeness (QED) is 0.713. The van der Waals surface area contributed by atoms with E-state index >= 15 is 0 Å². The van der Waals surface area contributed by atoms with Gasteiger partial charge >= 0.3 is 12.1 Å². The summed E-state index contributed by atoms with van der Waals surface area (Å²) in [6.07, 6.45) is 4.82. The maximum Gasteiger partial charge on any atom is 0.471 e. The summed E-state index contributed by atoms with van der Waals surface area (Å²) in [6, 6.07) is 6.35. The molecule has 6 nitrogen and oxygen atoms in total. The highest BCUT2D eigenvalue weighted by Crippen LogP contribution is 2.24. The summed E-state index contributed by atoms with van der Waals surface area (Å²) in [5, 5.41) is 0. The average molecular weight is 476 g/mol. The molecule has 0 aromatic heterocycles. The molecule has 1 aromatic carbocycles. The van der Waals surface area contributed by atoms with E-state index in [4.69, 9.17) is 0 Å². The molecule has 32 heavy (non-hydrogen) atoms. The monoisotopic (exact) mass is 475 g/mol. The second-order valence-electron chi connectivity index (χ2n) is 8.64. The summed E-state index contributed by atoms with van der Waals surface area (Å²) in [7, 11) is -3.64. The lowest BCUT2D eigenvalue weighted by molar-refractivity contribution is -0.185. The van der Waals surface area contributed by atoms with Gasteiger partial charge in [-0.1, -0.05) is 44.9 Å².